The van der Waals surface area contributed by atoms with Gasteiger partial charge in [0.1, 0.15) is 11.5 Å². The summed E-state index contributed by atoms with van der Waals surface area (Å²) in [7, 11) is 0.103. The summed E-state index contributed by atoms with van der Waals surface area (Å²) in [4.78, 5) is 13.6. The van der Waals surface area contributed by atoms with Gasteiger partial charge < -0.3 is 4.74 Å². The van der Waals surface area contributed by atoms with E-state index in [0.29, 0.717) is 5.78 Å². The van der Waals surface area contributed by atoms with Gasteiger partial charge in [0.15, 0.2) is 5.25 Å². The van der Waals surface area contributed by atoms with E-state index in [-0.39, 0.29) is 27.0 Å². The third kappa shape index (κ3) is 4.68. The number of carbonyl (C=O) groups is 1. The van der Waals surface area contributed by atoms with Gasteiger partial charge in [-0.05, 0) is 48.1 Å². The third-order valence-electron chi connectivity index (χ3n) is 5.10. The molecule has 1 aromatic carbocycles. The van der Waals surface area contributed by atoms with Crippen molar-refractivity contribution in [2.75, 3.05) is 24.7 Å². The lowest BCUT2D eigenvalue weighted by molar-refractivity contribution is 0.0946. The summed E-state index contributed by atoms with van der Waals surface area (Å²) in [6, 6.07) is 4.27. The Morgan fingerprint density at radius 2 is 1.60 bits per heavy atom. The van der Waals surface area contributed by atoms with E-state index >= 15 is 0 Å². The molecule has 0 aliphatic carbocycles. The van der Waals surface area contributed by atoms with Gasteiger partial charge in [-0.2, -0.15) is 0 Å². The summed E-state index contributed by atoms with van der Waals surface area (Å²) in [6.07, 6.45) is 0. The fourth-order valence-corrected chi connectivity index (χ4v) is 6.53. The number of carbonyl (C=O) groups excluding carboxylic acids is 1. The fourth-order valence-electron chi connectivity index (χ4n) is 3.75. The highest BCUT2D eigenvalue weighted by Crippen LogP contribution is 2.34. The third-order valence-corrected chi connectivity index (χ3v) is 8.07. The molecule has 140 valence electrons. The zero-order valence-corrected chi connectivity index (χ0v) is 18.1. The van der Waals surface area contributed by atoms with Crippen LogP contribution < -0.4 is 0 Å². The molecule has 2 rings (SSSR count). The zero-order chi connectivity index (χ0) is 19.0. The van der Waals surface area contributed by atoms with Crippen molar-refractivity contribution in [2.45, 2.75) is 66.1 Å². The van der Waals surface area contributed by atoms with Crippen LogP contribution in [0.5, 0.6) is 0 Å². The monoisotopic (exact) mass is 363 g/mol. The number of Topliss-reactive ketones (excluding diaryl/α,β-unsaturated/α-hetero) is 1. The number of ketones is 1. The van der Waals surface area contributed by atoms with Crippen LogP contribution in [0.3, 0.4) is 0 Å². The van der Waals surface area contributed by atoms with Gasteiger partial charge in [-0.3, -0.25) is 4.79 Å². The lowest BCUT2D eigenvalue weighted by atomic mass is 9.80. The smallest absolute Gasteiger partial charge is 0.215 e. The summed E-state index contributed by atoms with van der Waals surface area (Å²) in [5.74, 6) is 2.36. The number of rotatable bonds is 3. The highest BCUT2D eigenvalue weighted by atomic mass is 32.2. The van der Waals surface area contributed by atoms with Gasteiger partial charge in [0.05, 0.1) is 13.2 Å². The second kappa shape index (κ2) is 7.44. The van der Waals surface area contributed by atoms with Crippen molar-refractivity contribution in [3.63, 3.8) is 0 Å². The zero-order valence-electron chi connectivity index (χ0n) is 17.3. The van der Waals surface area contributed by atoms with E-state index in [9.17, 15) is 4.79 Å². The van der Waals surface area contributed by atoms with Crippen molar-refractivity contribution >= 4 is 16.7 Å². The van der Waals surface area contributed by atoms with Crippen LogP contribution in [0.2, 0.25) is 0 Å². The molecule has 0 saturated carbocycles. The number of ether oxygens (including phenoxy) is 1. The van der Waals surface area contributed by atoms with Gasteiger partial charge in [-0.1, -0.05) is 41.5 Å². The van der Waals surface area contributed by atoms with E-state index in [4.69, 9.17) is 4.74 Å². The van der Waals surface area contributed by atoms with Crippen LogP contribution in [0.25, 0.3) is 0 Å². The Morgan fingerprint density at radius 1 is 1.04 bits per heavy atom. The molecule has 1 aromatic rings. The standard InChI is InChI=1S/C22H35O2S/c1-15-13-17(14-18(16(15)2)21(3,4)5)19(23)20(22(6,7)8)25-11-9-24-10-12-25/h13-14,20H,9-12H2,1-8H3/q+1. The molecule has 0 bridgehead atoms. The van der Waals surface area contributed by atoms with Crippen molar-refractivity contribution < 1.29 is 9.53 Å². The van der Waals surface area contributed by atoms with Crippen LogP contribution in [0.4, 0.5) is 0 Å². The molecule has 1 aliphatic heterocycles. The molecule has 0 aromatic heterocycles. The molecule has 1 fully saturated rings. The molecule has 2 nitrogen and oxygen atoms in total. The topological polar surface area (TPSA) is 26.3 Å². The first-order valence-electron chi connectivity index (χ1n) is 9.33. The summed E-state index contributed by atoms with van der Waals surface area (Å²) in [5, 5.41) is 0.0753. The molecule has 1 unspecified atom stereocenters. The second-order valence-corrected chi connectivity index (χ2v) is 11.7. The summed E-state index contributed by atoms with van der Waals surface area (Å²) >= 11 is 0. The maximum absolute atomic E-state index is 13.6. The lowest BCUT2D eigenvalue weighted by Crippen LogP contribution is -2.47. The molecule has 1 saturated heterocycles. The fraction of sp³-hybridized carbons (Fsp3) is 0.682. The van der Waals surface area contributed by atoms with Crippen LogP contribution >= 0.6 is 0 Å². The van der Waals surface area contributed by atoms with E-state index in [1.165, 1.54) is 16.7 Å². The molecule has 0 radical (unpaired) electrons. The van der Waals surface area contributed by atoms with E-state index in [2.05, 4.69) is 67.5 Å². The van der Waals surface area contributed by atoms with Gasteiger partial charge >= 0.3 is 0 Å². The average molecular weight is 364 g/mol. The molecular formula is C22H35O2S+. The first-order valence-corrected chi connectivity index (χ1v) is 11.0. The molecule has 0 amide bonds. The van der Waals surface area contributed by atoms with Crippen LogP contribution in [0.1, 0.15) is 68.6 Å². The molecule has 25 heavy (non-hydrogen) atoms. The Labute approximate surface area is 157 Å². The van der Waals surface area contributed by atoms with Gasteiger partial charge in [0.25, 0.3) is 0 Å². The molecule has 1 aliphatic rings. The SMILES string of the molecule is Cc1cc(C(=O)C([S+]2CCOCC2)C(C)(C)C)cc(C(C)(C)C)c1C. The minimum absolute atomic E-state index is 0.0295. The van der Waals surface area contributed by atoms with Gasteiger partial charge in [0, 0.05) is 21.9 Å². The Kier molecular flexibility index (Phi) is 6.10. The van der Waals surface area contributed by atoms with Crippen molar-refractivity contribution in [1.82, 2.24) is 0 Å². The summed E-state index contributed by atoms with van der Waals surface area (Å²) < 4.78 is 5.54. The molecule has 0 N–H and O–H groups in total. The quantitative estimate of drug-likeness (QED) is 0.567. The van der Waals surface area contributed by atoms with Crippen LogP contribution in [-0.2, 0) is 21.0 Å². The molecule has 1 heterocycles. The van der Waals surface area contributed by atoms with E-state index in [0.717, 1.165) is 30.3 Å². The number of hydrogen-bond donors (Lipinski definition) is 0. The Morgan fingerprint density at radius 3 is 2.08 bits per heavy atom. The van der Waals surface area contributed by atoms with Crippen molar-refractivity contribution in [2.24, 2.45) is 5.41 Å². The van der Waals surface area contributed by atoms with Crippen LogP contribution in [0, 0.1) is 19.3 Å². The number of hydrogen-bond acceptors (Lipinski definition) is 2. The van der Waals surface area contributed by atoms with Crippen molar-refractivity contribution in [3.8, 4) is 0 Å². The maximum atomic E-state index is 13.6. The van der Waals surface area contributed by atoms with Crippen LogP contribution in [-0.4, -0.2) is 35.8 Å². The molecule has 3 heteroatoms. The Bertz CT molecular complexity index is 629. The van der Waals surface area contributed by atoms with Gasteiger partial charge in [-0.15, -0.1) is 0 Å². The minimum atomic E-state index is -0.0295. The van der Waals surface area contributed by atoms with Gasteiger partial charge in [0.2, 0.25) is 5.78 Å². The first kappa shape index (κ1) is 20.5. The normalized spacial score (nSPS) is 18.2. The Balaban J connectivity index is 2.47. The lowest BCUT2D eigenvalue weighted by Gasteiger charge is -2.31. The molecule has 1 atom stereocenters. The maximum Gasteiger partial charge on any atom is 0.215 e. The van der Waals surface area contributed by atoms with E-state index < -0.39 is 0 Å². The molecule has 0 spiro atoms. The predicted molar refractivity (Wildman–Crippen MR) is 110 cm³/mol. The molecular weight excluding hydrogens is 328 g/mol. The van der Waals surface area contributed by atoms with Crippen LogP contribution in [0.15, 0.2) is 12.1 Å². The van der Waals surface area contributed by atoms with Crippen molar-refractivity contribution in [1.29, 1.82) is 0 Å². The van der Waals surface area contributed by atoms with Crippen molar-refractivity contribution in [3.05, 3.63) is 34.4 Å². The minimum Gasteiger partial charge on any atom is -0.372 e. The summed E-state index contributed by atoms with van der Waals surface area (Å²) in [5.41, 5.74) is 4.73. The Hall–Kier alpha value is -0.800. The van der Waals surface area contributed by atoms with E-state index in [1.807, 2.05) is 0 Å². The highest BCUT2D eigenvalue weighted by Gasteiger charge is 2.46. The average Bonchev–Trinajstić information content (AvgIpc) is 2.48. The largest absolute Gasteiger partial charge is 0.372 e. The predicted octanol–water partition coefficient (Wildman–Crippen LogP) is 4.85. The first-order chi connectivity index (χ1) is 11.4. The van der Waals surface area contributed by atoms with E-state index in [1.54, 1.807) is 0 Å². The summed E-state index contributed by atoms with van der Waals surface area (Å²) in [6.45, 7) is 19.2. The number of aryl methyl sites for hydroxylation is 1. The number of benzene rings is 1. The van der Waals surface area contributed by atoms with Gasteiger partial charge in [-0.25, -0.2) is 0 Å². The highest BCUT2D eigenvalue weighted by molar-refractivity contribution is 7.98. The second-order valence-electron chi connectivity index (χ2n) is 9.38.